The largest absolute Gasteiger partial charge is 0.377 e. The summed E-state index contributed by atoms with van der Waals surface area (Å²) in [5.41, 5.74) is 2.99. The molecule has 2 amide bonds. The maximum Gasteiger partial charge on any atom is 0.282 e. The van der Waals surface area contributed by atoms with E-state index < -0.39 is 0 Å². The molecule has 1 N–H and O–H groups in total. The molecule has 4 rings (SSSR count). The van der Waals surface area contributed by atoms with Gasteiger partial charge < -0.3 is 5.32 Å². The van der Waals surface area contributed by atoms with Crippen molar-refractivity contribution in [1.29, 1.82) is 0 Å². The van der Waals surface area contributed by atoms with Crippen LogP contribution in [0.15, 0.2) is 58.0 Å². The summed E-state index contributed by atoms with van der Waals surface area (Å²) in [6.45, 7) is 3.89. The van der Waals surface area contributed by atoms with E-state index in [4.69, 9.17) is 11.6 Å². The molecule has 1 aliphatic carbocycles. The fourth-order valence-electron chi connectivity index (χ4n) is 3.98. The topological polar surface area (TPSA) is 49.4 Å². The van der Waals surface area contributed by atoms with Gasteiger partial charge in [-0.3, -0.25) is 9.59 Å². The highest BCUT2D eigenvalue weighted by atomic mass is 35.5. The number of rotatable bonds is 5. The van der Waals surface area contributed by atoms with E-state index in [-0.39, 0.29) is 17.9 Å². The Bertz CT molecular complexity index is 1010. The maximum atomic E-state index is 13.5. The van der Waals surface area contributed by atoms with E-state index in [1.807, 2.05) is 44.2 Å². The number of nitrogens with one attached hydrogen (secondary N) is 1. The van der Waals surface area contributed by atoms with Gasteiger partial charge in [-0.1, -0.05) is 54.8 Å². The second kappa shape index (κ2) is 8.86. The van der Waals surface area contributed by atoms with Crippen molar-refractivity contribution in [3.8, 4) is 0 Å². The number of amides is 2. The smallest absolute Gasteiger partial charge is 0.282 e. The Morgan fingerprint density at radius 2 is 1.67 bits per heavy atom. The highest BCUT2D eigenvalue weighted by Gasteiger charge is 2.41. The molecule has 2 aromatic rings. The lowest BCUT2D eigenvalue weighted by atomic mass is 9.95. The minimum absolute atomic E-state index is 0.227. The zero-order chi connectivity index (χ0) is 21.3. The van der Waals surface area contributed by atoms with Crippen molar-refractivity contribution in [1.82, 2.24) is 5.32 Å². The van der Waals surface area contributed by atoms with Crippen molar-refractivity contribution in [2.45, 2.75) is 56.9 Å². The van der Waals surface area contributed by atoms with E-state index in [0.29, 0.717) is 21.3 Å². The average molecular weight is 441 g/mol. The molecule has 0 bridgehead atoms. The summed E-state index contributed by atoms with van der Waals surface area (Å²) >= 11 is 7.33. The molecule has 1 saturated carbocycles. The van der Waals surface area contributed by atoms with Crippen LogP contribution in [-0.2, 0) is 9.59 Å². The molecule has 156 valence electrons. The summed E-state index contributed by atoms with van der Waals surface area (Å²) in [6, 6.07) is 13.4. The van der Waals surface area contributed by atoms with Gasteiger partial charge in [-0.25, -0.2) is 4.90 Å². The highest BCUT2D eigenvalue weighted by molar-refractivity contribution is 8.04. The number of hydrogen-bond acceptors (Lipinski definition) is 4. The zero-order valence-electron chi connectivity index (χ0n) is 17.2. The fourth-order valence-corrected chi connectivity index (χ4v) is 5.04. The third kappa shape index (κ3) is 4.28. The summed E-state index contributed by atoms with van der Waals surface area (Å²) in [5, 5.41) is 4.07. The van der Waals surface area contributed by atoms with E-state index in [0.717, 1.165) is 41.7 Å². The first-order chi connectivity index (χ1) is 14.4. The normalized spacial score (nSPS) is 17.8. The SMILES string of the molecule is Cc1ccc(C)c(N2C(=O)C(NC3CCCCC3)=C(Sc3ccc(Cl)cc3)C2=O)c1. The molecule has 30 heavy (non-hydrogen) atoms. The highest BCUT2D eigenvalue weighted by Crippen LogP contribution is 2.38. The van der Waals surface area contributed by atoms with Crippen LogP contribution in [-0.4, -0.2) is 17.9 Å². The Hall–Kier alpha value is -2.24. The zero-order valence-corrected chi connectivity index (χ0v) is 18.8. The molecular weight excluding hydrogens is 416 g/mol. The number of thioether (sulfide) groups is 1. The first-order valence-electron chi connectivity index (χ1n) is 10.3. The Labute approximate surface area is 186 Å². The number of anilines is 1. The van der Waals surface area contributed by atoms with Gasteiger partial charge in [0.15, 0.2) is 0 Å². The third-order valence-corrected chi connectivity index (χ3v) is 6.98. The van der Waals surface area contributed by atoms with E-state index >= 15 is 0 Å². The quantitative estimate of drug-likeness (QED) is 0.601. The average Bonchev–Trinajstić information content (AvgIpc) is 2.96. The number of hydrogen-bond donors (Lipinski definition) is 1. The second-order valence-electron chi connectivity index (χ2n) is 7.98. The molecule has 1 aliphatic heterocycles. The van der Waals surface area contributed by atoms with Gasteiger partial charge in [0.2, 0.25) is 0 Å². The van der Waals surface area contributed by atoms with E-state index in [1.54, 1.807) is 12.1 Å². The van der Waals surface area contributed by atoms with Crippen LogP contribution in [0.1, 0.15) is 43.2 Å². The van der Waals surface area contributed by atoms with Crippen molar-refractivity contribution in [2.75, 3.05) is 4.90 Å². The van der Waals surface area contributed by atoms with Gasteiger partial charge in [0.05, 0.1) is 5.69 Å². The molecule has 1 fully saturated rings. The van der Waals surface area contributed by atoms with Crippen LogP contribution in [0.3, 0.4) is 0 Å². The van der Waals surface area contributed by atoms with E-state index in [2.05, 4.69) is 5.32 Å². The Balaban J connectivity index is 1.71. The second-order valence-corrected chi connectivity index (χ2v) is 9.50. The van der Waals surface area contributed by atoms with Crippen LogP contribution in [0.25, 0.3) is 0 Å². The van der Waals surface area contributed by atoms with Crippen LogP contribution in [0, 0.1) is 13.8 Å². The monoisotopic (exact) mass is 440 g/mol. The van der Waals surface area contributed by atoms with Crippen LogP contribution in [0.4, 0.5) is 5.69 Å². The molecule has 1 heterocycles. The summed E-state index contributed by atoms with van der Waals surface area (Å²) in [7, 11) is 0. The molecule has 6 heteroatoms. The molecular formula is C24H25ClN2O2S. The maximum absolute atomic E-state index is 13.5. The minimum Gasteiger partial charge on any atom is -0.377 e. The molecule has 0 saturated heterocycles. The van der Waals surface area contributed by atoms with Crippen molar-refractivity contribution in [2.24, 2.45) is 0 Å². The number of halogens is 1. The number of imide groups is 1. The van der Waals surface area contributed by atoms with Gasteiger partial charge in [-0.05, 0) is 68.1 Å². The van der Waals surface area contributed by atoms with E-state index in [9.17, 15) is 9.59 Å². The Morgan fingerprint density at radius 1 is 0.967 bits per heavy atom. The minimum atomic E-state index is -0.271. The molecule has 2 aromatic carbocycles. The lowest BCUT2D eigenvalue weighted by molar-refractivity contribution is -0.120. The molecule has 0 atom stereocenters. The number of aryl methyl sites for hydroxylation is 2. The lowest BCUT2D eigenvalue weighted by Gasteiger charge is -2.24. The number of carbonyl (C=O) groups is 2. The molecule has 0 radical (unpaired) electrons. The van der Waals surface area contributed by atoms with E-state index in [1.165, 1.54) is 23.1 Å². The van der Waals surface area contributed by atoms with Crippen molar-refractivity contribution in [3.05, 3.63) is 69.2 Å². The number of carbonyl (C=O) groups excluding carboxylic acids is 2. The van der Waals surface area contributed by atoms with Crippen LogP contribution in [0.2, 0.25) is 5.02 Å². The summed E-state index contributed by atoms with van der Waals surface area (Å²) in [5.74, 6) is -0.539. The van der Waals surface area contributed by atoms with Crippen LogP contribution in [0.5, 0.6) is 0 Å². The molecule has 0 spiro atoms. The summed E-state index contributed by atoms with van der Waals surface area (Å²) < 4.78 is 0. The molecule has 0 unspecified atom stereocenters. The first-order valence-corrected chi connectivity index (χ1v) is 11.5. The van der Waals surface area contributed by atoms with Crippen LogP contribution < -0.4 is 10.2 Å². The Morgan fingerprint density at radius 3 is 2.37 bits per heavy atom. The van der Waals surface area contributed by atoms with Gasteiger partial charge in [-0.2, -0.15) is 0 Å². The summed E-state index contributed by atoms with van der Waals surface area (Å²) in [4.78, 5) is 29.6. The fraction of sp³-hybridized carbons (Fsp3) is 0.333. The molecule has 0 aromatic heterocycles. The molecule has 4 nitrogen and oxygen atoms in total. The predicted octanol–water partition coefficient (Wildman–Crippen LogP) is 5.76. The van der Waals surface area contributed by atoms with Crippen molar-refractivity contribution < 1.29 is 9.59 Å². The van der Waals surface area contributed by atoms with Gasteiger partial charge in [0, 0.05) is 16.0 Å². The van der Waals surface area contributed by atoms with Gasteiger partial charge in [0.25, 0.3) is 11.8 Å². The van der Waals surface area contributed by atoms with Gasteiger partial charge in [-0.15, -0.1) is 0 Å². The number of benzene rings is 2. The summed E-state index contributed by atoms with van der Waals surface area (Å²) in [6.07, 6.45) is 5.56. The third-order valence-electron chi connectivity index (χ3n) is 5.63. The van der Waals surface area contributed by atoms with Crippen molar-refractivity contribution >= 4 is 40.9 Å². The first kappa shape index (κ1) is 21.0. The Kier molecular flexibility index (Phi) is 6.21. The standard InChI is InChI=1S/C24H25ClN2O2S/c1-15-8-9-16(2)20(14-15)27-23(28)21(26-18-6-4-3-5-7-18)22(24(27)29)30-19-12-10-17(25)11-13-19/h8-14,18,26H,3-7H2,1-2H3. The lowest BCUT2D eigenvalue weighted by Crippen LogP contribution is -2.37. The molecule has 2 aliphatic rings. The predicted molar refractivity (Wildman–Crippen MR) is 123 cm³/mol. The van der Waals surface area contributed by atoms with Crippen molar-refractivity contribution in [3.63, 3.8) is 0 Å². The van der Waals surface area contributed by atoms with Crippen LogP contribution >= 0.6 is 23.4 Å². The number of nitrogens with zero attached hydrogens (tertiary/aromatic N) is 1. The van der Waals surface area contributed by atoms with Gasteiger partial charge >= 0.3 is 0 Å². The van der Waals surface area contributed by atoms with Gasteiger partial charge in [0.1, 0.15) is 10.6 Å².